The average Bonchev–Trinajstić information content (AvgIpc) is 3.25. The third-order valence-corrected chi connectivity index (χ3v) is 7.37. The van der Waals surface area contributed by atoms with Crippen molar-refractivity contribution in [3.8, 4) is 0 Å². The second kappa shape index (κ2) is 6.38. The first kappa shape index (κ1) is 18.5. The van der Waals surface area contributed by atoms with Crippen molar-refractivity contribution in [2.75, 3.05) is 11.5 Å². The van der Waals surface area contributed by atoms with Gasteiger partial charge in [0.15, 0.2) is 0 Å². The van der Waals surface area contributed by atoms with E-state index in [9.17, 15) is 10.2 Å². The van der Waals surface area contributed by atoms with Gasteiger partial charge in [-0.1, -0.05) is 12.1 Å². The minimum atomic E-state index is -0.844. The predicted octanol–water partition coefficient (Wildman–Crippen LogP) is 2.06. The molecule has 0 bridgehead atoms. The molecule has 4 aromatic rings. The number of anilines is 2. The van der Waals surface area contributed by atoms with Crippen LogP contribution in [0.25, 0.3) is 21.9 Å². The fourth-order valence-electron chi connectivity index (χ4n) is 5.65. The van der Waals surface area contributed by atoms with Crippen LogP contribution < -0.4 is 11.5 Å². The first-order chi connectivity index (χ1) is 15.0. The second-order valence-electron chi connectivity index (χ2n) is 8.95. The number of aryl methyl sites for hydroxylation is 1. The molecule has 3 aromatic heterocycles. The summed E-state index contributed by atoms with van der Waals surface area (Å²) in [5.41, 5.74) is 14.3. The molecule has 0 spiro atoms. The summed E-state index contributed by atoms with van der Waals surface area (Å²) in [7, 11) is 0. The lowest BCUT2D eigenvalue weighted by Gasteiger charge is -2.24. The average molecular weight is 416 g/mol. The molecule has 1 aromatic carbocycles. The summed E-state index contributed by atoms with van der Waals surface area (Å²) in [6.07, 6.45) is 4.21. The minimum absolute atomic E-state index is 0.193. The second-order valence-corrected chi connectivity index (χ2v) is 8.95. The van der Waals surface area contributed by atoms with E-state index >= 15 is 0 Å². The van der Waals surface area contributed by atoms with Crippen molar-refractivity contribution in [3.63, 3.8) is 0 Å². The van der Waals surface area contributed by atoms with Crippen LogP contribution in [0.2, 0.25) is 0 Å². The highest BCUT2D eigenvalue weighted by Crippen LogP contribution is 2.69. The Morgan fingerprint density at radius 2 is 1.94 bits per heavy atom. The molecule has 6 N–H and O–H groups in total. The SMILES string of the molecule is Nc1ccc2ccc(CC[C@@]34C[C@@H]3[C@@H](n3ccc5c(N)ncnc53)[C@H](O)[C@@H]4O)cc2n1. The van der Waals surface area contributed by atoms with E-state index < -0.39 is 12.2 Å². The highest BCUT2D eigenvalue weighted by atomic mass is 16.3. The Balaban J connectivity index is 1.27. The Hall–Kier alpha value is -3.23. The van der Waals surface area contributed by atoms with Crippen molar-refractivity contribution in [1.82, 2.24) is 19.5 Å². The van der Waals surface area contributed by atoms with E-state index in [1.807, 2.05) is 22.9 Å². The third-order valence-electron chi connectivity index (χ3n) is 7.37. The summed E-state index contributed by atoms with van der Waals surface area (Å²) in [6.45, 7) is 0. The van der Waals surface area contributed by atoms with Crippen molar-refractivity contribution >= 4 is 33.6 Å². The number of benzene rings is 1. The summed E-state index contributed by atoms with van der Waals surface area (Å²) in [6, 6.07) is 11.6. The maximum atomic E-state index is 11.0. The first-order valence-corrected chi connectivity index (χ1v) is 10.6. The number of hydrogen-bond donors (Lipinski definition) is 4. The van der Waals surface area contributed by atoms with Crippen LogP contribution >= 0.6 is 0 Å². The number of pyridine rings is 1. The van der Waals surface area contributed by atoms with Gasteiger partial charge >= 0.3 is 0 Å². The van der Waals surface area contributed by atoms with Crippen LogP contribution in [0.5, 0.6) is 0 Å². The number of hydrogen-bond acceptors (Lipinski definition) is 7. The fourth-order valence-corrected chi connectivity index (χ4v) is 5.65. The van der Waals surface area contributed by atoms with Crippen LogP contribution in [0.3, 0.4) is 0 Å². The first-order valence-electron chi connectivity index (χ1n) is 10.6. The molecule has 158 valence electrons. The normalized spacial score (nSPS) is 29.5. The van der Waals surface area contributed by atoms with Gasteiger partial charge in [0.05, 0.1) is 23.0 Å². The summed E-state index contributed by atoms with van der Waals surface area (Å²) < 4.78 is 1.96. The molecule has 6 rings (SSSR count). The zero-order chi connectivity index (χ0) is 21.3. The molecule has 0 amide bonds. The fraction of sp³-hybridized carbons (Fsp3) is 0.348. The number of nitrogens with zero attached hydrogens (tertiary/aromatic N) is 4. The molecule has 8 nitrogen and oxygen atoms in total. The Morgan fingerprint density at radius 1 is 1.10 bits per heavy atom. The zero-order valence-electron chi connectivity index (χ0n) is 16.9. The van der Waals surface area contributed by atoms with E-state index in [-0.39, 0.29) is 17.4 Å². The molecule has 5 atom stereocenters. The Kier molecular flexibility index (Phi) is 3.82. The summed E-state index contributed by atoms with van der Waals surface area (Å²) in [5.74, 6) is 1.12. The molecule has 2 fully saturated rings. The van der Waals surface area contributed by atoms with Crippen LogP contribution in [0.15, 0.2) is 48.9 Å². The smallest absolute Gasteiger partial charge is 0.145 e. The van der Waals surface area contributed by atoms with Crippen LogP contribution in [-0.4, -0.2) is 41.9 Å². The highest BCUT2D eigenvalue weighted by molar-refractivity contribution is 5.86. The molecule has 2 saturated carbocycles. The Labute approximate surface area is 178 Å². The summed E-state index contributed by atoms with van der Waals surface area (Å²) >= 11 is 0. The molecular formula is C23H24N6O2. The van der Waals surface area contributed by atoms with Gasteiger partial charge < -0.3 is 26.2 Å². The van der Waals surface area contributed by atoms with Gasteiger partial charge in [0.25, 0.3) is 0 Å². The topological polar surface area (TPSA) is 136 Å². The quantitative estimate of drug-likeness (QED) is 0.400. The maximum absolute atomic E-state index is 11.0. The van der Waals surface area contributed by atoms with Crippen molar-refractivity contribution in [1.29, 1.82) is 0 Å². The van der Waals surface area contributed by atoms with Gasteiger partial charge in [-0.15, -0.1) is 0 Å². The van der Waals surface area contributed by atoms with Crippen LogP contribution in [0.1, 0.15) is 24.4 Å². The molecule has 2 aliphatic rings. The van der Waals surface area contributed by atoms with Crippen molar-refractivity contribution in [2.45, 2.75) is 37.5 Å². The van der Waals surface area contributed by atoms with E-state index in [1.165, 1.54) is 6.33 Å². The summed E-state index contributed by atoms with van der Waals surface area (Å²) in [4.78, 5) is 12.8. The van der Waals surface area contributed by atoms with Gasteiger partial charge in [0.1, 0.15) is 29.7 Å². The van der Waals surface area contributed by atoms with E-state index in [0.29, 0.717) is 17.3 Å². The third kappa shape index (κ3) is 2.65. The van der Waals surface area contributed by atoms with E-state index in [1.54, 1.807) is 6.07 Å². The Morgan fingerprint density at radius 3 is 2.81 bits per heavy atom. The van der Waals surface area contributed by atoms with Crippen LogP contribution in [0, 0.1) is 11.3 Å². The van der Waals surface area contributed by atoms with Crippen molar-refractivity contribution in [3.05, 3.63) is 54.5 Å². The monoisotopic (exact) mass is 416 g/mol. The number of fused-ring (bicyclic) bond motifs is 3. The molecule has 0 unspecified atom stereocenters. The van der Waals surface area contributed by atoms with Gasteiger partial charge in [-0.2, -0.15) is 0 Å². The van der Waals surface area contributed by atoms with E-state index in [2.05, 4.69) is 33.2 Å². The van der Waals surface area contributed by atoms with Gasteiger partial charge in [-0.05, 0) is 55.0 Å². The predicted molar refractivity (Wildman–Crippen MR) is 118 cm³/mol. The number of aromatic nitrogens is 4. The summed E-state index contributed by atoms with van der Waals surface area (Å²) in [5, 5.41) is 23.7. The molecule has 31 heavy (non-hydrogen) atoms. The highest BCUT2D eigenvalue weighted by Gasteiger charge is 2.70. The Bertz CT molecular complexity index is 1320. The molecule has 0 saturated heterocycles. The largest absolute Gasteiger partial charge is 0.390 e. The molecule has 8 heteroatoms. The van der Waals surface area contributed by atoms with Gasteiger partial charge in [0.2, 0.25) is 0 Å². The maximum Gasteiger partial charge on any atom is 0.145 e. The van der Waals surface area contributed by atoms with Gasteiger partial charge in [-0.3, -0.25) is 0 Å². The van der Waals surface area contributed by atoms with E-state index in [4.69, 9.17) is 11.5 Å². The number of aliphatic hydroxyl groups is 2. The number of rotatable bonds is 4. The minimum Gasteiger partial charge on any atom is -0.390 e. The lowest BCUT2D eigenvalue weighted by molar-refractivity contribution is -0.0191. The van der Waals surface area contributed by atoms with Crippen molar-refractivity contribution in [2.24, 2.45) is 11.3 Å². The van der Waals surface area contributed by atoms with Gasteiger partial charge in [0, 0.05) is 17.0 Å². The number of nitrogens with two attached hydrogens (primary N) is 2. The zero-order valence-corrected chi connectivity index (χ0v) is 16.9. The lowest BCUT2D eigenvalue weighted by atomic mass is 9.91. The molecule has 0 radical (unpaired) electrons. The van der Waals surface area contributed by atoms with E-state index in [0.717, 1.165) is 41.1 Å². The molecule has 0 aliphatic heterocycles. The van der Waals surface area contributed by atoms with Crippen LogP contribution in [0.4, 0.5) is 11.6 Å². The lowest BCUT2D eigenvalue weighted by Crippen LogP contribution is -2.34. The van der Waals surface area contributed by atoms with Crippen LogP contribution in [-0.2, 0) is 6.42 Å². The molecular weight excluding hydrogens is 392 g/mol. The number of nitrogen functional groups attached to an aromatic ring is 2. The van der Waals surface area contributed by atoms with Gasteiger partial charge in [-0.25, -0.2) is 15.0 Å². The standard InChI is InChI=1S/C23H24N6O2/c24-17-4-3-13-2-1-12(9-16(13)28-17)5-7-23-10-15(23)18(19(30)20(23)31)29-8-6-14-21(25)26-11-27-22(14)29/h1-4,6,8-9,11,15,18-20,30-31H,5,7,10H2,(H2,24,28)(H2,25,26,27)/t15-,18-,19+,20+,23-/m1/s1. The number of aliphatic hydroxyl groups excluding tert-OH is 2. The molecule has 2 aliphatic carbocycles. The molecule has 3 heterocycles. The van der Waals surface area contributed by atoms with Crippen molar-refractivity contribution < 1.29 is 10.2 Å².